The number of nitrogens with zero attached hydrogens (tertiary/aromatic N) is 1. The fourth-order valence-corrected chi connectivity index (χ4v) is 5.69. The van der Waals surface area contributed by atoms with Crippen LogP contribution in [0.3, 0.4) is 0 Å². The van der Waals surface area contributed by atoms with Gasteiger partial charge >= 0.3 is 0 Å². The number of phenols is 1. The van der Waals surface area contributed by atoms with Crippen LogP contribution < -0.4 is 4.74 Å². The summed E-state index contributed by atoms with van der Waals surface area (Å²) in [4.78, 5) is 2.20. The number of aliphatic hydroxyl groups is 1. The maximum atomic E-state index is 14.7. The van der Waals surface area contributed by atoms with Crippen LogP contribution in [-0.4, -0.2) is 52.6 Å². The SMILES string of the molecule is CN1CC[C@]23c4c5ccc(O)c4O[C@H]2[C@H](F)CCC3(O)[C@H]1C5. The molecule has 2 bridgehead atoms. The van der Waals surface area contributed by atoms with E-state index in [1.807, 2.05) is 13.1 Å². The van der Waals surface area contributed by atoms with E-state index in [1.54, 1.807) is 6.07 Å². The molecule has 1 saturated heterocycles. The van der Waals surface area contributed by atoms with Gasteiger partial charge in [-0.15, -0.1) is 0 Å². The number of likely N-dealkylation sites (N-methyl/N-ethyl adjacent to an activating group) is 1. The van der Waals surface area contributed by atoms with Crippen LogP contribution in [0.15, 0.2) is 12.1 Å². The summed E-state index contributed by atoms with van der Waals surface area (Å²) in [5.41, 5.74) is 0.292. The number of aromatic hydroxyl groups is 1. The first kappa shape index (κ1) is 13.1. The molecule has 0 amide bonds. The molecule has 118 valence electrons. The molecule has 0 radical (unpaired) electrons. The Bertz CT molecular complexity index is 680. The molecule has 5 atom stereocenters. The number of hydrogen-bond acceptors (Lipinski definition) is 4. The quantitative estimate of drug-likeness (QED) is 0.763. The van der Waals surface area contributed by atoms with Gasteiger partial charge in [0, 0.05) is 11.6 Å². The van der Waals surface area contributed by atoms with Crippen molar-refractivity contribution >= 4 is 0 Å². The Morgan fingerprint density at radius 2 is 2.18 bits per heavy atom. The Morgan fingerprint density at radius 1 is 1.36 bits per heavy atom. The predicted molar refractivity (Wildman–Crippen MR) is 78.0 cm³/mol. The van der Waals surface area contributed by atoms with Gasteiger partial charge in [-0.25, -0.2) is 4.39 Å². The van der Waals surface area contributed by atoms with Crippen molar-refractivity contribution in [3.63, 3.8) is 0 Å². The molecule has 2 N–H and O–H groups in total. The van der Waals surface area contributed by atoms with Crippen LogP contribution in [0.5, 0.6) is 11.5 Å². The van der Waals surface area contributed by atoms with Crippen molar-refractivity contribution in [2.45, 2.75) is 55.0 Å². The second-order valence-corrected chi connectivity index (χ2v) is 7.39. The normalized spacial score (nSPS) is 45.3. The van der Waals surface area contributed by atoms with Crippen molar-refractivity contribution in [2.24, 2.45) is 0 Å². The number of hydrogen-bond donors (Lipinski definition) is 2. The maximum Gasteiger partial charge on any atom is 0.165 e. The summed E-state index contributed by atoms with van der Waals surface area (Å²) in [5.74, 6) is 0.475. The zero-order valence-corrected chi connectivity index (χ0v) is 12.6. The van der Waals surface area contributed by atoms with Gasteiger partial charge in [-0.05, 0) is 50.9 Å². The molecule has 2 fully saturated rings. The molecule has 2 aliphatic carbocycles. The molecule has 1 saturated carbocycles. The van der Waals surface area contributed by atoms with Gasteiger partial charge in [0.15, 0.2) is 11.5 Å². The van der Waals surface area contributed by atoms with Crippen LogP contribution in [0.4, 0.5) is 4.39 Å². The molecule has 4 nitrogen and oxygen atoms in total. The highest BCUT2D eigenvalue weighted by Crippen LogP contribution is 2.65. The lowest BCUT2D eigenvalue weighted by Crippen LogP contribution is -2.76. The van der Waals surface area contributed by atoms with Crippen molar-refractivity contribution in [3.8, 4) is 11.5 Å². The van der Waals surface area contributed by atoms with Crippen LogP contribution in [0.1, 0.15) is 30.4 Å². The zero-order valence-electron chi connectivity index (χ0n) is 12.6. The number of ether oxygens (including phenoxy) is 1. The first-order valence-electron chi connectivity index (χ1n) is 8.08. The van der Waals surface area contributed by atoms with E-state index in [1.165, 1.54) is 0 Å². The monoisotopic (exact) mass is 305 g/mol. The van der Waals surface area contributed by atoms with E-state index >= 15 is 0 Å². The number of benzene rings is 1. The summed E-state index contributed by atoms with van der Waals surface area (Å²) < 4.78 is 20.6. The fourth-order valence-electron chi connectivity index (χ4n) is 5.69. The van der Waals surface area contributed by atoms with E-state index in [2.05, 4.69) is 4.90 Å². The summed E-state index contributed by atoms with van der Waals surface area (Å²) in [7, 11) is 2.04. The third kappa shape index (κ3) is 1.17. The molecular formula is C17H20FNO3. The highest BCUT2D eigenvalue weighted by atomic mass is 19.1. The Hall–Kier alpha value is -1.33. The molecule has 1 aromatic rings. The van der Waals surface area contributed by atoms with Crippen molar-refractivity contribution in [1.29, 1.82) is 0 Å². The van der Waals surface area contributed by atoms with Gasteiger partial charge in [0.2, 0.25) is 0 Å². The Kier molecular flexibility index (Phi) is 2.25. The topological polar surface area (TPSA) is 52.9 Å². The maximum absolute atomic E-state index is 14.7. The molecule has 1 unspecified atom stereocenters. The van der Waals surface area contributed by atoms with Gasteiger partial charge in [-0.2, -0.15) is 0 Å². The number of rotatable bonds is 0. The predicted octanol–water partition coefficient (Wildman–Crippen LogP) is 1.51. The van der Waals surface area contributed by atoms with E-state index in [4.69, 9.17) is 4.74 Å². The highest BCUT2D eigenvalue weighted by Gasteiger charge is 2.72. The molecule has 1 spiro atoms. The van der Waals surface area contributed by atoms with Crippen molar-refractivity contribution in [1.82, 2.24) is 4.90 Å². The first-order chi connectivity index (χ1) is 10.5. The van der Waals surface area contributed by atoms with Crippen LogP contribution in [0.25, 0.3) is 0 Å². The van der Waals surface area contributed by atoms with Gasteiger partial charge in [0.25, 0.3) is 0 Å². The van der Waals surface area contributed by atoms with Gasteiger partial charge < -0.3 is 19.8 Å². The van der Waals surface area contributed by atoms with Crippen LogP contribution in [-0.2, 0) is 11.8 Å². The van der Waals surface area contributed by atoms with Crippen LogP contribution in [0, 0.1) is 0 Å². The van der Waals surface area contributed by atoms with E-state index in [0.717, 1.165) is 24.1 Å². The number of piperidine rings is 1. The minimum absolute atomic E-state index is 0.0113. The molecule has 2 aliphatic heterocycles. The summed E-state index contributed by atoms with van der Waals surface area (Å²) >= 11 is 0. The summed E-state index contributed by atoms with van der Waals surface area (Å²) in [6.45, 7) is 0.814. The van der Waals surface area contributed by atoms with Crippen LogP contribution in [0.2, 0.25) is 0 Å². The molecule has 4 aliphatic rings. The molecule has 5 rings (SSSR count). The van der Waals surface area contributed by atoms with E-state index in [0.29, 0.717) is 25.0 Å². The Balaban J connectivity index is 1.86. The average Bonchev–Trinajstić information content (AvgIpc) is 2.85. The number of alkyl halides is 1. The fraction of sp³-hybridized carbons (Fsp3) is 0.647. The second-order valence-electron chi connectivity index (χ2n) is 7.39. The molecule has 0 aromatic heterocycles. The lowest BCUT2D eigenvalue weighted by Gasteiger charge is -2.62. The van der Waals surface area contributed by atoms with Crippen molar-refractivity contribution < 1.29 is 19.3 Å². The molecule has 1 aromatic carbocycles. The number of phenolic OH excluding ortho intramolecular Hbond substituents is 1. The first-order valence-corrected chi connectivity index (χ1v) is 8.08. The van der Waals surface area contributed by atoms with Crippen molar-refractivity contribution in [3.05, 3.63) is 23.3 Å². The molecule has 5 heteroatoms. The van der Waals surface area contributed by atoms with E-state index in [-0.39, 0.29) is 11.8 Å². The van der Waals surface area contributed by atoms with Gasteiger partial charge in [-0.1, -0.05) is 6.07 Å². The molecule has 2 heterocycles. The number of halogens is 1. The van der Waals surface area contributed by atoms with Crippen LogP contribution >= 0.6 is 0 Å². The summed E-state index contributed by atoms with van der Waals surface area (Å²) in [6.07, 6.45) is 0.400. The smallest absolute Gasteiger partial charge is 0.165 e. The second kappa shape index (κ2) is 3.77. The Labute approximate surface area is 128 Å². The third-order valence-corrected chi connectivity index (χ3v) is 6.66. The van der Waals surface area contributed by atoms with Crippen molar-refractivity contribution in [2.75, 3.05) is 13.6 Å². The summed E-state index contributed by atoms with van der Waals surface area (Å²) in [5, 5.41) is 21.8. The summed E-state index contributed by atoms with van der Waals surface area (Å²) in [6, 6.07) is 3.54. The van der Waals surface area contributed by atoms with E-state index in [9.17, 15) is 14.6 Å². The van der Waals surface area contributed by atoms with Gasteiger partial charge in [0.1, 0.15) is 12.3 Å². The van der Waals surface area contributed by atoms with Gasteiger partial charge in [0.05, 0.1) is 11.0 Å². The van der Waals surface area contributed by atoms with Gasteiger partial charge in [-0.3, -0.25) is 0 Å². The minimum Gasteiger partial charge on any atom is -0.504 e. The lowest BCUT2D eigenvalue weighted by molar-refractivity contribution is -0.195. The molecule has 22 heavy (non-hydrogen) atoms. The third-order valence-electron chi connectivity index (χ3n) is 6.66. The molecular weight excluding hydrogens is 285 g/mol. The largest absolute Gasteiger partial charge is 0.504 e. The minimum atomic E-state index is -1.10. The number of likely N-dealkylation sites (tertiary alicyclic amines) is 1. The standard InChI is InChI=1S/C17H20FNO3/c1-19-7-6-16-13-9-2-3-11(20)14(13)22-15(16)10(18)4-5-17(16,21)12(19)8-9/h2-3,10,12,15,20-21H,4-8H2,1H3/t10-,12-,15+,16+,17?/m1/s1. The Morgan fingerprint density at radius 3 is 3.00 bits per heavy atom. The van der Waals surface area contributed by atoms with E-state index < -0.39 is 23.3 Å². The highest BCUT2D eigenvalue weighted by molar-refractivity contribution is 5.62. The zero-order chi connectivity index (χ0) is 15.3. The average molecular weight is 305 g/mol. The lowest BCUT2D eigenvalue weighted by atomic mass is 9.49.